The molecule has 0 atom stereocenters. The summed E-state index contributed by atoms with van der Waals surface area (Å²) in [5.41, 5.74) is 1.37. The van der Waals surface area contributed by atoms with Crippen molar-refractivity contribution in [3.8, 4) is 0 Å². The molecule has 1 heterocycles. The number of hydrogen-bond donors (Lipinski definition) is 1. The molecule has 0 amide bonds. The number of hydrogen-bond acceptors (Lipinski definition) is 2. The molecular formula is C9H8N2O2. The van der Waals surface area contributed by atoms with E-state index in [0.717, 1.165) is 10.1 Å². The van der Waals surface area contributed by atoms with E-state index in [1.165, 1.54) is 0 Å². The number of aromatic nitrogens is 2. The maximum Gasteiger partial charge on any atom is 0.432 e. The van der Waals surface area contributed by atoms with Crippen LogP contribution < -0.4 is 0 Å². The van der Waals surface area contributed by atoms with Crippen LogP contribution in [0, 0.1) is 6.92 Å². The maximum absolute atomic E-state index is 10.7. The fourth-order valence-corrected chi connectivity index (χ4v) is 1.35. The molecule has 0 fully saturated rings. The topological polar surface area (TPSA) is 55.1 Å². The van der Waals surface area contributed by atoms with E-state index in [-0.39, 0.29) is 0 Å². The average Bonchev–Trinajstić information content (AvgIpc) is 2.45. The minimum Gasteiger partial charge on any atom is -0.463 e. The van der Waals surface area contributed by atoms with Gasteiger partial charge >= 0.3 is 6.09 Å². The highest BCUT2D eigenvalue weighted by Crippen LogP contribution is 2.16. The normalized spacial score (nSPS) is 10.5. The minimum atomic E-state index is -1.05. The molecule has 4 nitrogen and oxygen atoms in total. The van der Waals surface area contributed by atoms with Crippen molar-refractivity contribution in [2.45, 2.75) is 6.92 Å². The number of carboxylic acid groups (broad SMARTS) is 1. The molecule has 0 radical (unpaired) electrons. The van der Waals surface area contributed by atoms with Crippen LogP contribution in [0.1, 0.15) is 5.69 Å². The number of aryl methyl sites for hydroxylation is 1. The van der Waals surface area contributed by atoms with Gasteiger partial charge in [0.25, 0.3) is 0 Å². The van der Waals surface area contributed by atoms with E-state index < -0.39 is 6.09 Å². The van der Waals surface area contributed by atoms with Crippen molar-refractivity contribution in [3.63, 3.8) is 0 Å². The molecule has 2 rings (SSSR count). The zero-order valence-electron chi connectivity index (χ0n) is 7.06. The number of rotatable bonds is 0. The second kappa shape index (κ2) is 2.58. The summed E-state index contributed by atoms with van der Waals surface area (Å²) in [6.45, 7) is 1.74. The Morgan fingerprint density at radius 1 is 1.46 bits per heavy atom. The van der Waals surface area contributed by atoms with E-state index in [1.807, 2.05) is 18.2 Å². The predicted molar refractivity (Wildman–Crippen MR) is 47.9 cm³/mol. The summed E-state index contributed by atoms with van der Waals surface area (Å²) in [6, 6.07) is 7.35. The zero-order chi connectivity index (χ0) is 9.42. The smallest absolute Gasteiger partial charge is 0.432 e. The molecule has 13 heavy (non-hydrogen) atoms. The van der Waals surface area contributed by atoms with E-state index in [4.69, 9.17) is 5.11 Å². The second-order valence-corrected chi connectivity index (χ2v) is 2.80. The van der Waals surface area contributed by atoms with Crippen molar-refractivity contribution >= 4 is 17.0 Å². The highest BCUT2D eigenvalue weighted by atomic mass is 16.4. The van der Waals surface area contributed by atoms with Gasteiger partial charge in [-0.2, -0.15) is 9.78 Å². The van der Waals surface area contributed by atoms with E-state index in [1.54, 1.807) is 13.0 Å². The highest BCUT2D eigenvalue weighted by molar-refractivity contribution is 5.85. The Kier molecular flexibility index (Phi) is 1.55. The van der Waals surface area contributed by atoms with Crippen LogP contribution in [0.25, 0.3) is 10.9 Å². The summed E-state index contributed by atoms with van der Waals surface area (Å²) >= 11 is 0. The molecule has 1 N–H and O–H groups in total. The van der Waals surface area contributed by atoms with Crippen molar-refractivity contribution in [2.75, 3.05) is 0 Å². The molecule has 1 aromatic carbocycles. The Morgan fingerprint density at radius 3 is 2.77 bits per heavy atom. The molecular weight excluding hydrogens is 168 g/mol. The number of fused-ring (bicyclic) bond motifs is 1. The molecule has 4 heteroatoms. The Labute approximate surface area is 74.4 Å². The first-order chi connectivity index (χ1) is 6.20. The number of carbonyl (C=O) groups is 1. The van der Waals surface area contributed by atoms with Gasteiger partial charge in [-0.25, -0.2) is 4.79 Å². The van der Waals surface area contributed by atoms with Gasteiger partial charge in [0, 0.05) is 5.39 Å². The molecule has 0 bridgehead atoms. The van der Waals surface area contributed by atoms with Crippen molar-refractivity contribution in [3.05, 3.63) is 30.0 Å². The number of nitrogens with zero attached hydrogens (tertiary/aromatic N) is 2. The lowest BCUT2D eigenvalue weighted by Gasteiger charge is -1.93. The van der Waals surface area contributed by atoms with E-state index in [9.17, 15) is 4.79 Å². The van der Waals surface area contributed by atoms with Gasteiger partial charge in [0.05, 0.1) is 11.2 Å². The number of benzene rings is 1. The molecule has 0 aliphatic carbocycles. The van der Waals surface area contributed by atoms with Gasteiger partial charge in [0.2, 0.25) is 0 Å². The van der Waals surface area contributed by atoms with Crippen LogP contribution in [-0.4, -0.2) is 21.0 Å². The largest absolute Gasteiger partial charge is 0.463 e. The lowest BCUT2D eigenvalue weighted by Crippen LogP contribution is -2.10. The fourth-order valence-electron chi connectivity index (χ4n) is 1.35. The van der Waals surface area contributed by atoms with Gasteiger partial charge in [-0.1, -0.05) is 18.2 Å². The van der Waals surface area contributed by atoms with Crippen LogP contribution in [-0.2, 0) is 0 Å². The minimum absolute atomic E-state index is 0.656. The first kappa shape index (κ1) is 7.79. The predicted octanol–water partition coefficient (Wildman–Crippen LogP) is 1.87. The van der Waals surface area contributed by atoms with E-state index in [0.29, 0.717) is 11.2 Å². The summed E-state index contributed by atoms with van der Waals surface area (Å²) in [5, 5.41) is 13.6. The summed E-state index contributed by atoms with van der Waals surface area (Å²) in [4.78, 5) is 10.7. The van der Waals surface area contributed by atoms with E-state index >= 15 is 0 Å². The van der Waals surface area contributed by atoms with Gasteiger partial charge < -0.3 is 5.11 Å². The monoisotopic (exact) mass is 176 g/mol. The maximum atomic E-state index is 10.7. The molecule has 0 aliphatic heterocycles. The Bertz CT molecular complexity index is 473. The molecule has 0 spiro atoms. The first-order valence-electron chi connectivity index (χ1n) is 3.88. The van der Waals surface area contributed by atoms with Crippen molar-refractivity contribution in [1.29, 1.82) is 0 Å². The molecule has 0 unspecified atom stereocenters. The van der Waals surface area contributed by atoms with Crippen molar-refractivity contribution < 1.29 is 9.90 Å². The second-order valence-electron chi connectivity index (χ2n) is 2.80. The fraction of sp³-hybridized carbons (Fsp3) is 0.111. The summed E-state index contributed by atoms with van der Waals surface area (Å²) in [6.07, 6.45) is -1.05. The quantitative estimate of drug-likeness (QED) is 0.666. The van der Waals surface area contributed by atoms with Crippen molar-refractivity contribution in [2.24, 2.45) is 0 Å². The molecule has 0 saturated carbocycles. The standard InChI is InChI=1S/C9H8N2O2/c1-6-7-4-2-3-5-8(7)10-11(6)9(12)13/h2-5H,1H3,(H,12,13). The van der Waals surface area contributed by atoms with Gasteiger partial charge in [0.15, 0.2) is 0 Å². The van der Waals surface area contributed by atoms with Crippen molar-refractivity contribution in [1.82, 2.24) is 9.78 Å². The Morgan fingerprint density at radius 2 is 2.15 bits per heavy atom. The molecule has 1 aromatic heterocycles. The highest BCUT2D eigenvalue weighted by Gasteiger charge is 2.10. The lowest BCUT2D eigenvalue weighted by atomic mass is 10.2. The van der Waals surface area contributed by atoms with Crippen LogP contribution in [0.4, 0.5) is 4.79 Å². The SMILES string of the molecule is Cc1c2ccccc2nn1C(=O)O. The average molecular weight is 176 g/mol. The van der Waals surface area contributed by atoms with Crippen LogP contribution in [0.2, 0.25) is 0 Å². The lowest BCUT2D eigenvalue weighted by molar-refractivity contribution is 0.192. The Balaban J connectivity index is 2.81. The van der Waals surface area contributed by atoms with Crippen LogP contribution in [0.3, 0.4) is 0 Å². The molecule has 2 aromatic rings. The Hall–Kier alpha value is -1.84. The first-order valence-corrected chi connectivity index (χ1v) is 3.88. The van der Waals surface area contributed by atoms with Gasteiger partial charge in [0.1, 0.15) is 0 Å². The summed E-state index contributed by atoms with van der Waals surface area (Å²) in [7, 11) is 0. The molecule has 0 aliphatic rings. The summed E-state index contributed by atoms with van der Waals surface area (Å²) in [5.74, 6) is 0. The third-order valence-electron chi connectivity index (χ3n) is 2.00. The van der Waals surface area contributed by atoms with Gasteiger partial charge in [-0.3, -0.25) is 0 Å². The van der Waals surface area contributed by atoms with Gasteiger partial charge in [-0.15, -0.1) is 0 Å². The van der Waals surface area contributed by atoms with Crippen LogP contribution >= 0.6 is 0 Å². The van der Waals surface area contributed by atoms with E-state index in [2.05, 4.69) is 5.10 Å². The third-order valence-corrected chi connectivity index (χ3v) is 2.00. The molecule has 66 valence electrons. The van der Waals surface area contributed by atoms with Gasteiger partial charge in [-0.05, 0) is 13.0 Å². The zero-order valence-corrected chi connectivity index (χ0v) is 7.06. The van der Waals surface area contributed by atoms with Crippen LogP contribution in [0.15, 0.2) is 24.3 Å². The third kappa shape index (κ3) is 1.07. The van der Waals surface area contributed by atoms with Crippen LogP contribution in [0.5, 0.6) is 0 Å². The summed E-state index contributed by atoms with van der Waals surface area (Å²) < 4.78 is 0.991. The molecule has 0 saturated heterocycles.